The van der Waals surface area contributed by atoms with Crippen LogP contribution in [0.2, 0.25) is 0 Å². The molecule has 1 aliphatic rings. The van der Waals surface area contributed by atoms with Crippen molar-refractivity contribution in [3.05, 3.63) is 21.9 Å². The topological polar surface area (TPSA) is 26.3 Å². The number of hydrogen-bond donors (Lipinski definition) is 0. The zero-order valence-electron chi connectivity index (χ0n) is 12.3. The average Bonchev–Trinajstić information content (AvgIpc) is 2.96. The van der Waals surface area contributed by atoms with E-state index in [2.05, 4.69) is 32.9 Å². The van der Waals surface area contributed by atoms with E-state index in [0.29, 0.717) is 17.8 Å². The summed E-state index contributed by atoms with van der Waals surface area (Å²) in [6.07, 6.45) is 3.30. The van der Waals surface area contributed by atoms with Crippen LogP contribution in [0.1, 0.15) is 49.3 Å². The second kappa shape index (κ2) is 6.08. The highest BCUT2D eigenvalue weighted by atomic mass is 32.1. The second-order valence-corrected chi connectivity index (χ2v) is 7.36. The number of esters is 1. The van der Waals surface area contributed by atoms with Crippen LogP contribution < -0.4 is 0 Å². The van der Waals surface area contributed by atoms with Gasteiger partial charge in [-0.15, -0.1) is 11.3 Å². The van der Waals surface area contributed by atoms with Crippen LogP contribution in [-0.2, 0) is 16.0 Å². The number of ether oxygens (including phenoxy) is 1. The summed E-state index contributed by atoms with van der Waals surface area (Å²) in [4.78, 5) is 14.4. The number of hydrogen-bond acceptors (Lipinski definition) is 3. The molecule has 0 saturated heterocycles. The van der Waals surface area contributed by atoms with Crippen molar-refractivity contribution in [1.82, 2.24) is 0 Å². The fourth-order valence-corrected chi connectivity index (χ4v) is 3.98. The van der Waals surface area contributed by atoms with Gasteiger partial charge in [-0.3, -0.25) is 4.79 Å². The molecule has 0 N–H and O–H groups in total. The Morgan fingerprint density at radius 3 is 2.79 bits per heavy atom. The van der Waals surface area contributed by atoms with E-state index in [-0.39, 0.29) is 11.9 Å². The summed E-state index contributed by atoms with van der Waals surface area (Å²) >= 11 is 1.94. The third-order valence-corrected chi connectivity index (χ3v) is 5.20. The van der Waals surface area contributed by atoms with E-state index in [1.165, 1.54) is 23.3 Å². The molecule has 1 saturated carbocycles. The molecular weight excluding hydrogens is 256 g/mol. The molecule has 0 radical (unpaired) electrons. The highest BCUT2D eigenvalue weighted by Gasteiger charge is 2.44. The molecule has 0 aliphatic heterocycles. The number of carbonyl (C=O) groups is 1. The van der Waals surface area contributed by atoms with Crippen molar-refractivity contribution in [2.45, 2.75) is 46.0 Å². The van der Waals surface area contributed by atoms with Gasteiger partial charge in [0.1, 0.15) is 0 Å². The minimum absolute atomic E-state index is 0.0242. The van der Waals surface area contributed by atoms with Gasteiger partial charge in [0.2, 0.25) is 0 Å². The Morgan fingerprint density at radius 2 is 2.16 bits per heavy atom. The molecule has 1 heterocycles. The summed E-state index contributed by atoms with van der Waals surface area (Å²) in [5.74, 6) is 1.96. The zero-order chi connectivity index (χ0) is 14.0. The summed E-state index contributed by atoms with van der Waals surface area (Å²) in [6.45, 7) is 6.79. The molecule has 1 fully saturated rings. The Bertz CT molecular complexity index is 436. The van der Waals surface area contributed by atoms with E-state index >= 15 is 0 Å². The van der Waals surface area contributed by atoms with Crippen molar-refractivity contribution in [3.63, 3.8) is 0 Å². The van der Waals surface area contributed by atoms with Gasteiger partial charge in [0.15, 0.2) is 0 Å². The van der Waals surface area contributed by atoms with Gasteiger partial charge < -0.3 is 4.74 Å². The van der Waals surface area contributed by atoms with Crippen molar-refractivity contribution >= 4 is 17.3 Å². The fraction of sp³-hybridized carbons (Fsp3) is 0.688. The van der Waals surface area contributed by atoms with Crippen LogP contribution in [0.5, 0.6) is 0 Å². The maximum Gasteiger partial charge on any atom is 0.308 e. The largest absolute Gasteiger partial charge is 0.469 e. The summed E-state index contributed by atoms with van der Waals surface area (Å²) in [5.41, 5.74) is 0. The highest BCUT2D eigenvalue weighted by Crippen LogP contribution is 2.46. The molecule has 3 atom stereocenters. The van der Waals surface area contributed by atoms with E-state index in [9.17, 15) is 4.79 Å². The first-order chi connectivity index (χ1) is 9.01. The molecule has 3 heteroatoms. The number of thiophene rings is 1. The molecule has 0 aromatic carbocycles. The fourth-order valence-electron chi connectivity index (χ4n) is 2.69. The first-order valence-electron chi connectivity index (χ1n) is 7.17. The normalized spacial score (nSPS) is 23.4. The van der Waals surface area contributed by atoms with Gasteiger partial charge in [-0.25, -0.2) is 0 Å². The Hall–Kier alpha value is -0.830. The third-order valence-electron chi connectivity index (χ3n) is 3.86. The monoisotopic (exact) mass is 280 g/mol. The summed E-state index contributed by atoms with van der Waals surface area (Å²) in [7, 11) is 1.48. The summed E-state index contributed by atoms with van der Waals surface area (Å²) < 4.78 is 4.80. The van der Waals surface area contributed by atoms with Gasteiger partial charge in [-0.05, 0) is 49.1 Å². The van der Waals surface area contributed by atoms with Crippen LogP contribution in [0.15, 0.2) is 12.1 Å². The van der Waals surface area contributed by atoms with Gasteiger partial charge in [-0.2, -0.15) is 0 Å². The summed E-state index contributed by atoms with van der Waals surface area (Å²) in [6, 6.07) is 4.53. The Kier molecular flexibility index (Phi) is 4.67. The third kappa shape index (κ3) is 3.82. The van der Waals surface area contributed by atoms with E-state index < -0.39 is 0 Å². The minimum atomic E-state index is -0.0242. The van der Waals surface area contributed by atoms with Crippen LogP contribution in [0.25, 0.3) is 0 Å². The van der Waals surface area contributed by atoms with Crippen molar-refractivity contribution in [3.8, 4) is 0 Å². The van der Waals surface area contributed by atoms with Crippen molar-refractivity contribution < 1.29 is 9.53 Å². The standard InChI is InChI=1S/C16H24O2S/c1-10(2)7-13-5-6-15(19-13)11(3)8-12-9-14(12)16(17)18-4/h5-6,10-12,14H,7-9H2,1-4H3. The van der Waals surface area contributed by atoms with Gasteiger partial charge in [0.05, 0.1) is 13.0 Å². The van der Waals surface area contributed by atoms with Crippen molar-refractivity contribution in [2.75, 3.05) is 7.11 Å². The molecule has 1 aromatic rings. The Labute approximate surface area is 120 Å². The van der Waals surface area contributed by atoms with Crippen LogP contribution in [0.3, 0.4) is 0 Å². The molecular formula is C16H24O2S. The lowest BCUT2D eigenvalue weighted by Gasteiger charge is -2.08. The predicted molar refractivity (Wildman–Crippen MR) is 79.5 cm³/mol. The smallest absolute Gasteiger partial charge is 0.308 e. The maximum atomic E-state index is 11.4. The molecule has 1 aliphatic carbocycles. The van der Waals surface area contributed by atoms with Crippen molar-refractivity contribution in [2.24, 2.45) is 17.8 Å². The van der Waals surface area contributed by atoms with Gasteiger partial charge in [-0.1, -0.05) is 20.8 Å². The highest BCUT2D eigenvalue weighted by molar-refractivity contribution is 7.12. The lowest BCUT2D eigenvalue weighted by atomic mass is 10.0. The van der Waals surface area contributed by atoms with Gasteiger partial charge in [0, 0.05) is 9.75 Å². The Balaban J connectivity index is 1.85. The zero-order valence-corrected chi connectivity index (χ0v) is 13.1. The molecule has 19 heavy (non-hydrogen) atoms. The molecule has 3 unspecified atom stereocenters. The van der Waals surface area contributed by atoms with Crippen molar-refractivity contribution in [1.29, 1.82) is 0 Å². The van der Waals surface area contributed by atoms with Crippen LogP contribution in [0.4, 0.5) is 0 Å². The molecule has 1 aromatic heterocycles. The number of methoxy groups -OCH3 is 1. The first-order valence-corrected chi connectivity index (χ1v) is 7.99. The van der Waals surface area contributed by atoms with E-state index in [1.54, 1.807) is 0 Å². The predicted octanol–water partition coefficient (Wildman–Crippen LogP) is 4.25. The maximum absolute atomic E-state index is 11.4. The van der Waals surface area contributed by atoms with Gasteiger partial charge >= 0.3 is 5.97 Å². The number of rotatable bonds is 6. The minimum Gasteiger partial charge on any atom is -0.469 e. The van der Waals surface area contributed by atoms with E-state index in [1.807, 2.05) is 11.3 Å². The van der Waals surface area contributed by atoms with Gasteiger partial charge in [0.25, 0.3) is 0 Å². The first kappa shape index (κ1) is 14.6. The average molecular weight is 280 g/mol. The van der Waals surface area contributed by atoms with E-state index in [4.69, 9.17) is 4.74 Å². The molecule has 2 rings (SSSR count). The van der Waals surface area contributed by atoms with Crippen LogP contribution >= 0.6 is 11.3 Å². The number of carbonyl (C=O) groups excluding carboxylic acids is 1. The van der Waals surface area contributed by atoms with Crippen LogP contribution in [-0.4, -0.2) is 13.1 Å². The Morgan fingerprint density at radius 1 is 1.42 bits per heavy atom. The molecule has 0 bridgehead atoms. The quantitative estimate of drug-likeness (QED) is 0.728. The molecule has 0 amide bonds. The SMILES string of the molecule is COC(=O)C1CC1CC(C)c1ccc(CC(C)C)s1. The lowest BCUT2D eigenvalue weighted by molar-refractivity contribution is -0.142. The lowest BCUT2D eigenvalue weighted by Crippen LogP contribution is -2.05. The molecule has 2 nitrogen and oxygen atoms in total. The molecule has 106 valence electrons. The second-order valence-electron chi connectivity index (χ2n) is 6.16. The summed E-state index contributed by atoms with van der Waals surface area (Å²) in [5, 5.41) is 0. The van der Waals surface area contributed by atoms with Crippen LogP contribution in [0, 0.1) is 17.8 Å². The molecule has 0 spiro atoms. The van der Waals surface area contributed by atoms with E-state index in [0.717, 1.165) is 12.8 Å².